The van der Waals surface area contributed by atoms with Gasteiger partial charge in [0.05, 0.1) is 13.2 Å². The number of terminal acetylenes is 1. The first-order valence-electron chi connectivity index (χ1n) is 5.61. The summed E-state index contributed by atoms with van der Waals surface area (Å²) in [4.78, 5) is 2.40. The van der Waals surface area contributed by atoms with Gasteiger partial charge in [0, 0.05) is 31.1 Å². The van der Waals surface area contributed by atoms with Gasteiger partial charge < -0.3 is 10.5 Å². The summed E-state index contributed by atoms with van der Waals surface area (Å²) in [7, 11) is 0. The molecule has 3 nitrogen and oxygen atoms in total. The van der Waals surface area contributed by atoms with Crippen LogP contribution in [-0.4, -0.2) is 42.8 Å². The lowest BCUT2D eigenvalue weighted by Gasteiger charge is -2.44. The monoisotopic (exact) mass is 210 g/mol. The highest BCUT2D eigenvalue weighted by atomic mass is 16.5. The molecule has 86 valence electrons. The molecule has 1 fully saturated rings. The average molecular weight is 210 g/mol. The third-order valence-electron chi connectivity index (χ3n) is 3.33. The summed E-state index contributed by atoms with van der Waals surface area (Å²) < 4.78 is 5.34. The van der Waals surface area contributed by atoms with Crippen LogP contribution in [0.1, 0.15) is 26.7 Å². The largest absolute Gasteiger partial charge is 0.379 e. The Labute approximate surface area is 93.0 Å². The number of nitrogens with zero attached hydrogens (tertiary/aromatic N) is 1. The van der Waals surface area contributed by atoms with Crippen LogP contribution in [0.4, 0.5) is 0 Å². The highest BCUT2D eigenvalue weighted by Gasteiger charge is 2.33. The maximum atomic E-state index is 6.19. The van der Waals surface area contributed by atoms with E-state index >= 15 is 0 Å². The fourth-order valence-corrected chi connectivity index (χ4v) is 1.97. The minimum Gasteiger partial charge on any atom is -0.379 e. The summed E-state index contributed by atoms with van der Waals surface area (Å²) in [5.74, 6) is 2.65. The molecule has 0 radical (unpaired) electrons. The first-order valence-corrected chi connectivity index (χ1v) is 5.61. The van der Waals surface area contributed by atoms with Gasteiger partial charge in [0.2, 0.25) is 0 Å². The molecule has 0 saturated carbocycles. The van der Waals surface area contributed by atoms with E-state index in [0.29, 0.717) is 0 Å². The molecule has 1 unspecified atom stereocenters. The fourth-order valence-electron chi connectivity index (χ4n) is 1.97. The molecule has 1 aliphatic rings. The Morgan fingerprint density at radius 3 is 2.60 bits per heavy atom. The van der Waals surface area contributed by atoms with E-state index in [9.17, 15) is 0 Å². The molecular weight excluding hydrogens is 188 g/mol. The zero-order chi connectivity index (χ0) is 11.3. The normalized spacial score (nSPS) is 20.9. The van der Waals surface area contributed by atoms with Crippen LogP contribution < -0.4 is 5.73 Å². The SMILES string of the molecule is C#CCCC(N)C(C)(C)N1CCOCC1. The Bertz CT molecular complexity index is 226. The molecule has 0 aromatic heterocycles. The van der Waals surface area contributed by atoms with Crippen molar-refractivity contribution in [1.29, 1.82) is 0 Å². The van der Waals surface area contributed by atoms with E-state index in [1.807, 2.05) is 0 Å². The molecular formula is C12H22N2O. The van der Waals surface area contributed by atoms with E-state index in [1.165, 1.54) is 0 Å². The van der Waals surface area contributed by atoms with Gasteiger partial charge >= 0.3 is 0 Å². The van der Waals surface area contributed by atoms with Gasteiger partial charge in [-0.2, -0.15) is 0 Å². The Kier molecular flexibility index (Phi) is 4.59. The standard InChI is InChI=1S/C12H22N2O/c1-4-5-6-11(13)12(2,3)14-7-9-15-10-8-14/h1,11H,5-10,13H2,2-3H3. The highest BCUT2D eigenvalue weighted by molar-refractivity contribution is 4.95. The van der Waals surface area contributed by atoms with Crippen molar-refractivity contribution in [2.24, 2.45) is 5.73 Å². The van der Waals surface area contributed by atoms with E-state index in [-0.39, 0.29) is 11.6 Å². The zero-order valence-electron chi connectivity index (χ0n) is 9.83. The van der Waals surface area contributed by atoms with Crippen LogP contribution in [0.2, 0.25) is 0 Å². The quantitative estimate of drug-likeness (QED) is 0.699. The van der Waals surface area contributed by atoms with Crippen molar-refractivity contribution in [1.82, 2.24) is 4.90 Å². The third-order valence-corrected chi connectivity index (χ3v) is 3.33. The number of rotatable bonds is 4. The molecule has 1 saturated heterocycles. The van der Waals surface area contributed by atoms with Crippen molar-refractivity contribution < 1.29 is 4.74 Å². The summed E-state index contributed by atoms with van der Waals surface area (Å²) >= 11 is 0. The second-order valence-electron chi connectivity index (χ2n) is 4.60. The van der Waals surface area contributed by atoms with Crippen LogP contribution in [0.5, 0.6) is 0 Å². The molecule has 0 aromatic carbocycles. The molecule has 15 heavy (non-hydrogen) atoms. The molecule has 2 N–H and O–H groups in total. The number of morpholine rings is 1. The summed E-state index contributed by atoms with van der Waals surface area (Å²) in [6, 6.07) is 0.131. The van der Waals surface area contributed by atoms with Crippen molar-refractivity contribution in [3.05, 3.63) is 0 Å². The van der Waals surface area contributed by atoms with E-state index in [2.05, 4.69) is 24.7 Å². The Morgan fingerprint density at radius 2 is 2.07 bits per heavy atom. The zero-order valence-corrected chi connectivity index (χ0v) is 9.83. The Morgan fingerprint density at radius 1 is 1.47 bits per heavy atom. The minimum atomic E-state index is 0.0145. The van der Waals surface area contributed by atoms with Crippen molar-refractivity contribution in [2.75, 3.05) is 26.3 Å². The van der Waals surface area contributed by atoms with Gasteiger partial charge in [0.15, 0.2) is 0 Å². The van der Waals surface area contributed by atoms with Crippen molar-refractivity contribution in [3.63, 3.8) is 0 Å². The molecule has 0 aliphatic carbocycles. The van der Waals surface area contributed by atoms with Crippen LogP contribution in [-0.2, 0) is 4.74 Å². The van der Waals surface area contributed by atoms with Gasteiger partial charge in [-0.05, 0) is 20.3 Å². The van der Waals surface area contributed by atoms with Gasteiger partial charge in [-0.1, -0.05) is 0 Å². The fraction of sp³-hybridized carbons (Fsp3) is 0.833. The van der Waals surface area contributed by atoms with E-state index < -0.39 is 0 Å². The molecule has 1 atom stereocenters. The number of ether oxygens (including phenoxy) is 1. The first kappa shape index (κ1) is 12.5. The average Bonchev–Trinajstić information content (AvgIpc) is 2.27. The van der Waals surface area contributed by atoms with Crippen LogP contribution >= 0.6 is 0 Å². The van der Waals surface area contributed by atoms with Gasteiger partial charge in [-0.25, -0.2) is 0 Å². The molecule has 0 bridgehead atoms. The molecule has 1 heterocycles. The first-order chi connectivity index (χ1) is 7.09. The molecule has 1 rings (SSSR count). The highest BCUT2D eigenvalue weighted by Crippen LogP contribution is 2.21. The summed E-state index contributed by atoms with van der Waals surface area (Å²) in [6.45, 7) is 7.95. The van der Waals surface area contributed by atoms with E-state index in [4.69, 9.17) is 16.9 Å². The smallest absolute Gasteiger partial charge is 0.0594 e. The van der Waals surface area contributed by atoms with Crippen molar-refractivity contribution in [3.8, 4) is 12.3 Å². The lowest BCUT2D eigenvalue weighted by molar-refractivity contribution is -0.0193. The van der Waals surface area contributed by atoms with Crippen LogP contribution in [0.25, 0.3) is 0 Å². The van der Waals surface area contributed by atoms with Gasteiger partial charge in [-0.15, -0.1) is 12.3 Å². The lowest BCUT2D eigenvalue weighted by atomic mass is 9.89. The summed E-state index contributed by atoms with van der Waals surface area (Å²) in [5, 5.41) is 0. The second-order valence-corrected chi connectivity index (χ2v) is 4.60. The van der Waals surface area contributed by atoms with Gasteiger partial charge in [0.25, 0.3) is 0 Å². The predicted octanol–water partition coefficient (Wildman–Crippen LogP) is 0.838. The molecule has 0 aromatic rings. The van der Waals surface area contributed by atoms with Crippen LogP contribution in [0, 0.1) is 12.3 Å². The molecule has 1 aliphatic heterocycles. The third kappa shape index (κ3) is 3.20. The Hall–Kier alpha value is -0.560. The number of nitrogens with two attached hydrogens (primary N) is 1. The van der Waals surface area contributed by atoms with Crippen molar-refractivity contribution in [2.45, 2.75) is 38.3 Å². The van der Waals surface area contributed by atoms with Crippen LogP contribution in [0.3, 0.4) is 0 Å². The predicted molar refractivity (Wildman–Crippen MR) is 62.5 cm³/mol. The maximum absolute atomic E-state index is 6.19. The van der Waals surface area contributed by atoms with Gasteiger partial charge in [-0.3, -0.25) is 4.90 Å². The number of hydrogen-bond acceptors (Lipinski definition) is 3. The molecule has 0 spiro atoms. The summed E-state index contributed by atoms with van der Waals surface area (Å²) in [6.07, 6.45) is 6.91. The van der Waals surface area contributed by atoms with E-state index in [0.717, 1.165) is 39.1 Å². The van der Waals surface area contributed by atoms with E-state index in [1.54, 1.807) is 0 Å². The second kappa shape index (κ2) is 5.50. The minimum absolute atomic E-state index is 0.0145. The number of hydrogen-bond donors (Lipinski definition) is 1. The van der Waals surface area contributed by atoms with Gasteiger partial charge in [0.1, 0.15) is 0 Å². The topological polar surface area (TPSA) is 38.5 Å². The summed E-state index contributed by atoms with van der Waals surface area (Å²) in [5.41, 5.74) is 6.20. The van der Waals surface area contributed by atoms with Crippen molar-refractivity contribution >= 4 is 0 Å². The molecule has 0 amide bonds. The van der Waals surface area contributed by atoms with Crippen LogP contribution in [0.15, 0.2) is 0 Å². The molecule has 3 heteroatoms. The lowest BCUT2D eigenvalue weighted by Crippen LogP contribution is -2.59. The maximum Gasteiger partial charge on any atom is 0.0594 e. The Balaban J connectivity index is 2.51.